The minimum atomic E-state index is 0.769. The van der Waals surface area contributed by atoms with Crippen LogP contribution in [0, 0.1) is 11.8 Å². The van der Waals surface area contributed by atoms with Crippen molar-refractivity contribution < 1.29 is 4.74 Å². The van der Waals surface area contributed by atoms with Gasteiger partial charge in [-0.3, -0.25) is 0 Å². The van der Waals surface area contributed by atoms with Crippen molar-refractivity contribution in [3.63, 3.8) is 0 Å². The average molecular weight is 227 g/mol. The average Bonchev–Trinajstić information content (AvgIpc) is 2.22. The molecule has 1 N–H and O–H groups in total. The van der Waals surface area contributed by atoms with Gasteiger partial charge in [0, 0.05) is 19.3 Å². The number of nitrogens with one attached hydrogen (secondary N) is 1. The van der Waals surface area contributed by atoms with Gasteiger partial charge in [0.05, 0.1) is 0 Å². The van der Waals surface area contributed by atoms with E-state index in [-0.39, 0.29) is 0 Å². The Hall–Kier alpha value is -0.0800. The molecule has 0 bridgehead atoms. The maximum absolute atomic E-state index is 5.33. The van der Waals surface area contributed by atoms with Crippen LogP contribution < -0.4 is 5.32 Å². The highest BCUT2D eigenvalue weighted by Gasteiger charge is 2.22. The van der Waals surface area contributed by atoms with E-state index < -0.39 is 0 Å². The van der Waals surface area contributed by atoms with Crippen LogP contribution in [-0.4, -0.2) is 25.8 Å². The highest BCUT2D eigenvalue weighted by molar-refractivity contribution is 4.79. The van der Waals surface area contributed by atoms with Crippen LogP contribution in [0.2, 0.25) is 0 Å². The third-order valence-electron chi connectivity index (χ3n) is 3.53. The molecule has 0 heterocycles. The lowest BCUT2D eigenvalue weighted by Crippen LogP contribution is -2.36. The SMILES string of the molecule is CCOCCCCNC1CC(C)CC(C)C1. The molecule has 96 valence electrons. The van der Waals surface area contributed by atoms with Crippen LogP contribution in [0.3, 0.4) is 0 Å². The quantitative estimate of drug-likeness (QED) is 0.674. The summed E-state index contributed by atoms with van der Waals surface area (Å²) in [6.45, 7) is 9.78. The molecule has 0 saturated heterocycles. The highest BCUT2D eigenvalue weighted by atomic mass is 16.5. The molecule has 2 atom stereocenters. The van der Waals surface area contributed by atoms with E-state index in [1.807, 2.05) is 0 Å². The van der Waals surface area contributed by atoms with Gasteiger partial charge in [-0.15, -0.1) is 0 Å². The number of hydrogen-bond acceptors (Lipinski definition) is 2. The number of rotatable bonds is 7. The Morgan fingerprint density at radius 1 is 1.06 bits per heavy atom. The van der Waals surface area contributed by atoms with E-state index in [4.69, 9.17) is 4.74 Å². The van der Waals surface area contributed by atoms with Gasteiger partial charge in [-0.25, -0.2) is 0 Å². The maximum atomic E-state index is 5.33. The summed E-state index contributed by atoms with van der Waals surface area (Å²) in [6, 6.07) is 0.769. The van der Waals surface area contributed by atoms with Crippen LogP contribution in [0.1, 0.15) is 52.9 Å². The molecule has 0 aromatic carbocycles. The molecule has 2 unspecified atom stereocenters. The topological polar surface area (TPSA) is 21.3 Å². The Labute approximate surface area is 101 Å². The molecule has 0 amide bonds. The molecule has 0 spiro atoms. The monoisotopic (exact) mass is 227 g/mol. The zero-order chi connectivity index (χ0) is 11.8. The first kappa shape index (κ1) is 14.0. The largest absolute Gasteiger partial charge is 0.382 e. The van der Waals surface area contributed by atoms with E-state index >= 15 is 0 Å². The Morgan fingerprint density at radius 3 is 2.38 bits per heavy atom. The minimum absolute atomic E-state index is 0.769. The summed E-state index contributed by atoms with van der Waals surface area (Å²) in [5.41, 5.74) is 0. The fourth-order valence-corrected chi connectivity index (χ4v) is 2.89. The molecular weight excluding hydrogens is 198 g/mol. The zero-order valence-corrected chi connectivity index (χ0v) is 11.3. The fraction of sp³-hybridized carbons (Fsp3) is 1.00. The summed E-state index contributed by atoms with van der Waals surface area (Å²) in [7, 11) is 0. The fourth-order valence-electron chi connectivity index (χ4n) is 2.89. The first-order valence-electron chi connectivity index (χ1n) is 7.03. The van der Waals surface area contributed by atoms with Gasteiger partial charge in [-0.1, -0.05) is 13.8 Å². The Balaban J connectivity index is 1.99. The lowest BCUT2D eigenvalue weighted by Gasteiger charge is -2.32. The van der Waals surface area contributed by atoms with Gasteiger partial charge in [0.1, 0.15) is 0 Å². The molecule has 1 rings (SSSR count). The summed E-state index contributed by atoms with van der Waals surface area (Å²) in [4.78, 5) is 0. The van der Waals surface area contributed by atoms with E-state index in [1.165, 1.54) is 32.1 Å². The molecular formula is C14H29NO. The first-order valence-corrected chi connectivity index (χ1v) is 7.03. The lowest BCUT2D eigenvalue weighted by molar-refractivity contribution is 0.142. The first-order chi connectivity index (χ1) is 7.72. The van der Waals surface area contributed by atoms with E-state index in [9.17, 15) is 0 Å². The smallest absolute Gasteiger partial charge is 0.0466 e. The molecule has 1 fully saturated rings. The van der Waals surface area contributed by atoms with Crippen molar-refractivity contribution in [1.82, 2.24) is 5.32 Å². The van der Waals surface area contributed by atoms with Gasteiger partial charge in [0.15, 0.2) is 0 Å². The molecule has 2 nitrogen and oxygen atoms in total. The van der Waals surface area contributed by atoms with Crippen LogP contribution in [0.15, 0.2) is 0 Å². The minimum Gasteiger partial charge on any atom is -0.382 e. The van der Waals surface area contributed by atoms with Crippen molar-refractivity contribution in [2.45, 2.75) is 58.9 Å². The zero-order valence-electron chi connectivity index (χ0n) is 11.3. The molecule has 2 heteroatoms. The van der Waals surface area contributed by atoms with Gasteiger partial charge < -0.3 is 10.1 Å². The molecule has 0 aromatic heterocycles. The van der Waals surface area contributed by atoms with E-state index in [0.717, 1.165) is 37.6 Å². The van der Waals surface area contributed by atoms with E-state index in [0.29, 0.717) is 0 Å². The predicted octanol–water partition coefficient (Wildman–Crippen LogP) is 3.22. The number of hydrogen-bond donors (Lipinski definition) is 1. The van der Waals surface area contributed by atoms with Crippen LogP contribution in [0.4, 0.5) is 0 Å². The highest BCUT2D eigenvalue weighted by Crippen LogP contribution is 2.28. The van der Waals surface area contributed by atoms with Gasteiger partial charge in [0.2, 0.25) is 0 Å². The lowest BCUT2D eigenvalue weighted by atomic mass is 9.80. The second kappa shape index (κ2) is 8.08. The van der Waals surface area contributed by atoms with Crippen LogP contribution in [0.25, 0.3) is 0 Å². The molecule has 0 aromatic rings. The summed E-state index contributed by atoms with van der Waals surface area (Å²) in [5.74, 6) is 1.81. The van der Waals surface area contributed by atoms with Crippen molar-refractivity contribution in [2.75, 3.05) is 19.8 Å². The Kier molecular flexibility index (Phi) is 7.06. The van der Waals surface area contributed by atoms with Crippen molar-refractivity contribution in [3.05, 3.63) is 0 Å². The summed E-state index contributed by atoms with van der Waals surface area (Å²) >= 11 is 0. The summed E-state index contributed by atoms with van der Waals surface area (Å²) < 4.78 is 5.33. The van der Waals surface area contributed by atoms with Crippen molar-refractivity contribution in [1.29, 1.82) is 0 Å². The van der Waals surface area contributed by atoms with Crippen LogP contribution in [0.5, 0.6) is 0 Å². The third kappa shape index (κ3) is 5.86. The van der Waals surface area contributed by atoms with Crippen molar-refractivity contribution >= 4 is 0 Å². The Morgan fingerprint density at radius 2 is 1.75 bits per heavy atom. The van der Waals surface area contributed by atoms with Crippen molar-refractivity contribution in [2.24, 2.45) is 11.8 Å². The molecule has 0 radical (unpaired) electrons. The van der Waals surface area contributed by atoms with Crippen LogP contribution >= 0.6 is 0 Å². The van der Waals surface area contributed by atoms with Gasteiger partial charge >= 0.3 is 0 Å². The van der Waals surface area contributed by atoms with Crippen LogP contribution in [-0.2, 0) is 4.74 Å². The normalized spacial score (nSPS) is 30.6. The predicted molar refractivity (Wildman–Crippen MR) is 69.7 cm³/mol. The second-order valence-electron chi connectivity index (χ2n) is 5.47. The molecule has 16 heavy (non-hydrogen) atoms. The molecule has 1 aliphatic rings. The standard InChI is InChI=1S/C14H29NO/c1-4-16-8-6-5-7-15-14-10-12(2)9-13(3)11-14/h12-15H,4-11H2,1-3H3. The number of unbranched alkanes of at least 4 members (excludes halogenated alkanes) is 1. The van der Waals surface area contributed by atoms with Gasteiger partial charge in [-0.2, -0.15) is 0 Å². The molecule has 1 saturated carbocycles. The molecule has 1 aliphatic carbocycles. The third-order valence-corrected chi connectivity index (χ3v) is 3.53. The summed E-state index contributed by atoms with van der Waals surface area (Å²) in [5, 5.41) is 3.70. The maximum Gasteiger partial charge on any atom is 0.0466 e. The summed E-state index contributed by atoms with van der Waals surface area (Å²) in [6.07, 6.45) is 6.60. The van der Waals surface area contributed by atoms with Gasteiger partial charge in [-0.05, 0) is 57.4 Å². The van der Waals surface area contributed by atoms with E-state index in [1.54, 1.807) is 0 Å². The Bertz CT molecular complexity index is 162. The molecule has 0 aliphatic heterocycles. The van der Waals surface area contributed by atoms with Gasteiger partial charge in [0.25, 0.3) is 0 Å². The van der Waals surface area contributed by atoms with E-state index in [2.05, 4.69) is 26.1 Å². The second-order valence-corrected chi connectivity index (χ2v) is 5.47. The van der Waals surface area contributed by atoms with Crippen molar-refractivity contribution in [3.8, 4) is 0 Å². The number of ether oxygens (including phenoxy) is 1.